The lowest BCUT2D eigenvalue weighted by Gasteiger charge is -2.27. The first-order valence-electron chi connectivity index (χ1n) is 5.73. The van der Waals surface area contributed by atoms with Crippen LogP contribution in [0.2, 0.25) is 0 Å². The SMILES string of the molecule is O=S(=O)(C1CC1)N(CCCl)C1CCCC1. The summed E-state index contributed by atoms with van der Waals surface area (Å²) in [6.45, 7) is 0.491. The molecule has 0 aromatic carbocycles. The molecule has 3 nitrogen and oxygen atoms in total. The number of alkyl halides is 1. The van der Waals surface area contributed by atoms with E-state index in [2.05, 4.69) is 0 Å². The highest BCUT2D eigenvalue weighted by atomic mass is 35.5. The van der Waals surface area contributed by atoms with Crippen molar-refractivity contribution in [3.63, 3.8) is 0 Å². The van der Waals surface area contributed by atoms with E-state index in [9.17, 15) is 8.42 Å². The zero-order chi connectivity index (χ0) is 10.9. The zero-order valence-electron chi connectivity index (χ0n) is 8.86. The molecule has 5 heteroatoms. The summed E-state index contributed by atoms with van der Waals surface area (Å²) >= 11 is 5.70. The molecule has 2 saturated carbocycles. The molecule has 0 amide bonds. The minimum atomic E-state index is -3.02. The van der Waals surface area contributed by atoms with Crippen molar-refractivity contribution in [3.05, 3.63) is 0 Å². The van der Waals surface area contributed by atoms with Gasteiger partial charge < -0.3 is 0 Å². The molecule has 0 bridgehead atoms. The molecule has 0 heterocycles. The number of nitrogens with zero attached hydrogens (tertiary/aromatic N) is 1. The molecule has 0 aromatic rings. The van der Waals surface area contributed by atoms with Gasteiger partial charge in [0.25, 0.3) is 0 Å². The van der Waals surface area contributed by atoms with Crippen molar-refractivity contribution in [1.29, 1.82) is 0 Å². The Labute approximate surface area is 96.8 Å². The second-order valence-electron chi connectivity index (χ2n) is 4.48. The van der Waals surface area contributed by atoms with Crippen molar-refractivity contribution in [2.24, 2.45) is 0 Å². The Morgan fingerprint density at radius 1 is 1.13 bits per heavy atom. The Balaban J connectivity index is 2.10. The van der Waals surface area contributed by atoms with Gasteiger partial charge in [-0.3, -0.25) is 0 Å². The number of hydrogen-bond acceptors (Lipinski definition) is 2. The van der Waals surface area contributed by atoms with Crippen LogP contribution in [0.1, 0.15) is 38.5 Å². The molecular formula is C10H18ClNO2S. The Bertz CT molecular complexity index is 307. The van der Waals surface area contributed by atoms with E-state index in [1.54, 1.807) is 4.31 Å². The molecule has 0 saturated heterocycles. The van der Waals surface area contributed by atoms with E-state index < -0.39 is 10.0 Å². The lowest BCUT2D eigenvalue weighted by Crippen LogP contribution is -2.41. The van der Waals surface area contributed by atoms with Gasteiger partial charge in [-0.15, -0.1) is 11.6 Å². The quantitative estimate of drug-likeness (QED) is 0.701. The highest BCUT2D eigenvalue weighted by Gasteiger charge is 2.42. The normalized spacial score (nSPS) is 23.9. The summed E-state index contributed by atoms with van der Waals surface area (Å²) < 4.78 is 26.0. The van der Waals surface area contributed by atoms with Crippen LogP contribution in [-0.2, 0) is 10.0 Å². The molecule has 2 rings (SSSR count). The fourth-order valence-electron chi connectivity index (χ4n) is 2.35. The average Bonchev–Trinajstić information content (AvgIpc) is 2.93. The van der Waals surface area contributed by atoms with Crippen molar-refractivity contribution in [1.82, 2.24) is 4.31 Å². The Hall–Kier alpha value is 0.200. The van der Waals surface area contributed by atoms with Gasteiger partial charge in [-0.1, -0.05) is 12.8 Å². The number of halogens is 1. The maximum atomic E-state index is 12.1. The molecule has 0 unspecified atom stereocenters. The van der Waals surface area contributed by atoms with Crippen LogP contribution in [0.15, 0.2) is 0 Å². The van der Waals surface area contributed by atoms with Crippen molar-refractivity contribution < 1.29 is 8.42 Å². The minimum Gasteiger partial charge on any atom is -0.212 e. The van der Waals surface area contributed by atoms with Crippen molar-refractivity contribution in [2.75, 3.05) is 12.4 Å². The van der Waals surface area contributed by atoms with Gasteiger partial charge in [0.2, 0.25) is 10.0 Å². The van der Waals surface area contributed by atoms with Crippen molar-refractivity contribution in [3.8, 4) is 0 Å². The molecule has 0 spiro atoms. The van der Waals surface area contributed by atoms with Crippen molar-refractivity contribution >= 4 is 21.6 Å². The molecule has 88 valence electrons. The molecule has 2 fully saturated rings. The average molecular weight is 252 g/mol. The molecule has 0 radical (unpaired) electrons. The fourth-order valence-corrected chi connectivity index (χ4v) is 4.72. The van der Waals surface area contributed by atoms with Crippen LogP contribution in [0.5, 0.6) is 0 Å². The van der Waals surface area contributed by atoms with Gasteiger partial charge in [-0.25, -0.2) is 8.42 Å². The summed E-state index contributed by atoms with van der Waals surface area (Å²) in [6.07, 6.45) is 6.03. The lowest BCUT2D eigenvalue weighted by molar-refractivity contribution is 0.336. The van der Waals surface area contributed by atoms with Crippen LogP contribution in [-0.4, -0.2) is 36.4 Å². The summed E-state index contributed by atoms with van der Waals surface area (Å²) in [4.78, 5) is 0. The standard InChI is InChI=1S/C10H18ClNO2S/c11-7-8-12(9-3-1-2-4-9)15(13,14)10-5-6-10/h9-10H,1-8H2. The predicted octanol–water partition coefficient (Wildman–Crippen LogP) is 1.96. The monoisotopic (exact) mass is 251 g/mol. The molecule has 0 aliphatic heterocycles. The summed E-state index contributed by atoms with van der Waals surface area (Å²) in [5.74, 6) is 0.405. The molecule has 0 N–H and O–H groups in total. The fraction of sp³-hybridized carbons (Fsp3) is 1.00. The van der Waals surface area contributed by atoms with Crippen LogP contribution in [0.25, 0.3) is 0 Å². The third-order valence-electron chi connectivity index (χ3n) is 3.31. The number of hydrogen-bond donors (Lipinski definition) is 0. The Morgan fingerprint density at radius 3 is 2.20 bits per heavy atom. The summed E-state index contributed by atoms with van der Waals surface area (Å²) in [7, 11) is -3.02. The minimum absolute atomic E-state index is 0.0960. The topological polar surface area (TPSA) is 37.4 Å². The number of sulfonamides is 1. The lowest BCUT2D eigenvalue weighted by atomic mass is 10.2. The largest absolute Gasteiger partial charge is 0.217 e. The van der Waals surface area contributed by atoms with Crippen LogP contribution in [0.3, 0.4) is 0 Å². The molecule has 15 heavy (non-hydrogen) atoms. The molecule has 0 atom stereocenters. The van der Waals surface area contributed by atoms with Gasteiger partial charge in [-0.05, 0) is 25.7 Å². The van der Waals surface area contributed by atoms with Gasteiger partial charge in [-0.2, -0.15) is 4.31 Å². The van der Waals surface area contributed by atoms with E-state index in [4.69, 9.17) is 11.6 Å². The van der Waals surface area contributed by atoms with Crippen LogP contribution >= 0.6 is 11.6 Å². The van der Waals surface area contributed by atoms with Crippen molar-refractivity contribution in [2.45, 2.75) is 49.8 Å². The molecule has 2 aliphatic carbocycles. The first-order valence-corrected chi connectivity index (χ1v) is 7.76. The Morgan fingerprint density at radius 2 is 1.73 bits per heavy atom. The first kappa shape index (κ1) is 11.7. The number of rotatable bonds is 5. The summed E-state index contributed by atoms with van der Waals surface area (Å²) in [5, 5.41) is -0.0960. The third-order valence-corrected chi connectivity index (χ3v) is 5.93. The zero-order valence-corrected chi connectivity index (χ0v) is 10.4. The maximum Gasteiger partial charge on any atom is 0.217 e. The second kappa shape index (κ2) is 4.60. The molecule has 2 aliphatic rings. The van der Waals surface area contributed by atoms with Gasteiger partial charge >= 0.3 is 0 Å². The van der Waals surface area contributed by atoms with Gasteiger partial charge in [0.1, 0.15) is 0 Å². The van der Waals surface area contributed by atoms with Crippen LogP contribution < -0.4 is 0 Å². The second-order valence-corrected chi connectivity index (χ2v) is 7.03. The van der Waals surface area contributed by atoms with Gasteiger partial charge in [0.05, 0.1) is 5.25 Å². The summed E-state index contributed by atoms with van der Waals surface area (Å²) in [5.41, 5.74) is 0. The maximum absolute atomic E-state index is 12.1. The Kier molecular flexibility index (Phi) is 3.58. The van der Waals surface area contributed by atoms with E-state index >= 15 is 0 Å². The van der Waals surface area contributed by atoms with Crippen LogP contribution in [0, 0.1) is 0 Å². The van der Waals surface area contributed by atoms with E-state index in [0.717, 1.165) is 38.5 Å². The van der Waals surface area contributed by atoms with Gasteiger partial charge in [0, 0.05) is 18.5 Å². The highest BCUT2D eigenvalue weighted by Crippen LogP contribution is 2.35. The smallest absolute Gasteiger partial charge is 0.212 e. The van der Waals surface area contributed by atoms with Gasteiger partial charge in [0.15, 0.2) is 0 Å². The molecule has 0 aromatic heterocycles. The first-order chi connectivity index (χ1) is 7.16. The predicted molar refractivity (Wildman–Crippen MR) is 61.6 cm³/mol. The third kappa shape index (κ3) is 2.48. The van der Waals surface area contributed by atoms with E-state index in [1.165, 1.54) is 0 Å². The summed E-state index contributed by atoms with van der Waals surface area (Å²) in [6, 6.07) is 0.231. The van der Waals surface area contributed by atoms with Crippen LogP contribution in [0.4, 0.5) is 0 Å². The highest BCUT2D eigenvalue weighted by molar-refractivity contribution is 7.90. The van der Waals surface area contributed by atoms with E-state index in [1.807, 2.05) is 0 Å². The van der Waals surface area contributed by atoms with E-state index in [0.29, 0.717) is 12.4 Å². The van der Waals surface area contributed by atoms with E-state index in [-0.39, 0.29) is 11.3 Å². The molecular weight excluding hydrogens is 234 g/mol.